The van der Waals surface area contributed by atoms with E-state index in [2.05, 4.69) is 15.8 Å². The number of hydrogen-bond donors (Lipinski definition) is 2. The van der Waals surface area contributed by atoms with E-state index in [1.54, 1.807) is 6.21 Å². The zero-order valence-corrected chi connectivity index (χ0v) is 15.1. The van der Waals surface area contributed by atoms with Crippen LogP contribution in [0.2, 0.25) is 0 Å². The van der Waals surface area contributed by atoms with Gasteiger partial charge in [-0.2, -0.15) is 5.10 Å². The maximum Gasteiger partial charge on any atom is 0.240 e. The maximum atomic E-state index is 11.9. The lowest BCUT2D eigenvalue weighted by atomic mass is 9.95. The molecular formula is C19H28N4O2. The summed E-state index contributed by atoms with van der Waals surface area (Å²) in [5, 5.41) is 6.95. The monoisotopic (exact) mass is 344 g/mol. The van der Waals surface area contributed by atoms with Crippen LogP contribution in [0.15, 0.2) is 29.4 Å². The van der Waals surface area contributed by atoms with Gasteiger partial charge in [0.15, 0.2) is 0 Å². The summed E-state index contributed by atoms with van der Waals surface area (Å²) in [7, 11) is 3.96. The minimum absolute atomic E-state index is 0.0506. The largest absolute Gasteiger partial charge is 0.378 e. The van der Waals surface area contributed by atoms with E-state index in [0.29, 0.717) is 0 Å². The van der Waals surface area contributed by atoms with E-state index in [1.807, 2.05) is 43.3 Å². The Morgan fingerprint density at radius 3 is 2.36 bits per heavy atom. The number of rotatable bonds is 7. The first-order chi connectivity index (χ1) is 12.0. The van der Waals surface area contributed by atoms with Crippen molar-refractivity contribution in [1.82, 2.24) is 10.7 Å². The molecule has 2 amide bonds. The molecule has 0 aliphatic heterocycles. The Bertz CT molecular complexity index is 590. The van der Waals surface area contributed by atoms with E-state index in [0.717, 1.165) is 24.1 Å². The molecule has 0 aromatic heterocycles. The number of hydrazone groups is 1. The van der Waals surface area contributed by atoms with Crippen molar-refractivity contribution < 1.29 is 9.59 Å². The Morgan fingerprint density at radius 1 is 1.08 bits per heavy atom. The SMILES string of the molecule is CN(C)c1ccc(C=NNC(=O)CCC(=O)NC2CCCCC2)cc1. The highest BCUT2D eigenvalue weighted by molar-refractivity contribution is 5.85. The van der Waals surface area contributed by atoms with Crippen molar-refractivity contribution in [3.05, 3.63) is 29.8 Å². The second-order valence-electron chi connectivity index (χ2n) is 6.68. The molecule has 0 heterocycles. The number of carbonyl (C=O) groups is 2. The lowest BCUT2D eigenvalue weighted by Crippen LogP contribution is -2.36. The van der Waals surface area contributed by atoms with E-state index in [9.17, 15) is 9.59 Å². The fraction of sp³-hybridized carbons (Fsp3) is 0.526. The lowest BCUT2D eigenvalue weighted by Gasteiger charge is -2.22. The lowest BCUT2D eigenvalue weighted by molar-refractivity contribution is -0.126. The summed E-state index contributed by atoms with van der Waals surface area (Å²) in [6.45, 7) is 0. The predicted octanol–water partition coefficient (Wildman–Crippen LogP) is 2.43. The third-order valence-electron chi connectivity index (χ3n) is 4.36. The first-order valence-electron chi connectivity index (χ1n) is 8.93. The number of anilines is 1. The van der Waals surface area contributed by atoms with Gasteiger partial charge < -0.3 is 10.2 Å². The molecule has 1 fully saturated rings. The van der Waals surface area contributed by atoms with Gasteiger partial charge in [-0.3, -0.25) is 9.59 Å². The Hall–Kier alpha value is -2.37. The second-order valence-corrected chi connectivity index (χ2v) is 6.68. The molecule has 0 spiro atoms. The number of hydrogen-bond acceptors (Lipinski definition) is 4. The standard InChI is InChI=1S/C19H28N4O2/c1-23(2)17-10-8-15(9-11-17)14-20-22-19(25)13-12-18(24)21-16-6-4-3-5-7-16/h8-11,14,16H,3-7,12-13H2,1-2H3,(H,21,24)(H,22,25). The second kappa shape index (κ2) is 9.81. The zero-order chi connectivity index (χ0) is 18.1. The average molecular weight is 344 g/mol. The average Bonchev–Trinajstić information content (AvgIpc) is 2.61. The van der Waals surface area contributed by atoms with Crippen molar-refractivity contribution in [2.75, 3.05) is 19.0 Å². The van der Waals surface area contributed by atoms with E-state index < -0.39 is 0 Å². The summed E-state index contributed by atoms with van der Waals surface area (Å²) >= 11 is 0. The quantitative estimate of drug-likeness (QED) is 0.589. The van der Waals surface area contributed by atoms with E-state index >= 15 is 0 Å². The van der Waals surface area contributed by atoms with Crippen molar-refractivity contribution in [3.63, 3.8) is 0 Å². The predicted molar refractivity (Wildman–Crippen MR) is 101 cm³/mol. The summed E-state index contributed by atoms with van der Waals surface area (Å²) in [6, 6.07) is 8.12. The minimum atomic E-state index is -0.250. The Morgan fingerprint density at radius 2 is 1.72 bits per heavy atom. The molecule has 0 bridgehead atoms. The van der Waals surface area contributed by atoms with Crippen LogP contribution in [0, 0.1) is 0 Å². The summed E-state index contributed by atoms with van der Waals surface area (Å²) in [4.78, 5) is 25.6. The van der Waals surface area contributed by atoms with E-state index in [4.69, 9.17) is 0 Å². The molecule has 1 aliphatic rings. The van der Waals surface area contributed by atoms with Crippen LogP contribution < -0.4 is 15.6 Å². The summed E-state index contributed by atoms with van der Waals surface area (Å²) in [6.07, 6.45) is 7.66. The Labute approximate surface area is 149 Å². The molecule has 2 N–H and O–H groups in total. The van der Waals surface area contributed by atoms with Crippen LogP contribution in [-0.4, -0.2) is 38.2 Å². The molecule has 0 saturated heterocycles. The van der Waals surface area contributed by atoms with Crippen LogP contribution in [0.25, 0.3) is 0 Å². The van der Waals surface area contributed by atoms with Crippen molar-refractivity contribution in [1.29, 1.82) is 0 Å². The zero-order valence-electron chi connectivity index (χ0n) is 15.1. The number of carbonyl (C=O) groups excluding carboxylic acids is 2. The third-order valence-corrected chi connectivity index (χ3v) is 4.36. The highest BCUT2D eigenvalue weighted by Crippen LogP contribution is 2.17. The Kier molecular flexibility index (Phi) is 7.44. The van der Waals surface area contributed by atoms with Crippen molar-refractivity contribution in [2.45, 2.75) is 51.0 Å². The first kappa shape index (κ1) is 19.0. The molecule has 1 aromatic carbocycles. The molecule has 1 aliphatic carbocycles. The van der Waals surface area contributed by atoms with Gasteiger partial charge in [0.2, 0.25) is 11.8 Å². The highest BCUT2D eigenvalue weighted by atomic mass is 16.2. The van der Waals surface area contributed by atoms with Crippen molar-refractivity contribution in [3.8, 4) is 0 Å². The molecule has 0 radical (unpaired) electrons. The van der Waals surface area contributed by atoms with Crippen LogP contribution in [0.4, 0.5) is 5.69 Å². The van der Waals surface area contributed by atoms with Gasteiger partial charge >= 0.3 is 0 Å². The molecule has 1 aromatic rings. The number of nitrogens with zero attached hydrogens (tertiary/aromatic N) is 2. The van der Waals surface area contributed by atoms with Crippen molar-refractivity contribution >= 4 is 23.7 Å². The van der Waals surface area contributed by atoms with Gasteiger partial charge in [-0.1, -0.05) is 31.4 Å². The Balaban J connectivity index is 1.66. The number of nitrogens with one attached hydrogen (secondary N) is 2. The molecule has 1 saturated carbocycles. The summed E-state index contributed by atoms with van der Waals surface area (Å²) < 4.78 is 0. The van der Waals surface area contributed by atoms with Crippen LogP contribution >= 0.6 is 0 Å². The van der Waals surface area contributed by atoms with Crippen LogP contribution in [-0.2, 0) is 9.59 Å². The fourth-order valence-electron chi connectivity index (χ4n) is 2.87. The molecule has 6 heteroatoms. The van der Waals surface area contributed by atoms with Crippen LogP contribution in [0.5, 0.6) is 0 Å². The smallest absolute Gasteiger partial charge is 0.240 e. The molecule has 0 atom stereocenters. The molecule has 136 valence electrons. The molecule has 0 unspecified atom stereocenters. The minimum Gasteiger partial charge on any atom is -0.378 e. The molecule has 25 heavy (non-hydrogen) atoms. The highest BCUT2D eigenvalue weighted by Gasteiger charge is 2.16. The van der Waals surface area contributed by atoms with Gasteiger partial charge in [-0.05, 0) is 30.5 Å². The number of benzene rings is 1. The van der Waals surface area contributed by atoms with Gasteiger partial charge in [0, 0.05) is 38.7 Å². The van der Waals surface area contributed by atoms with Gasteiger partial charge in [0.1, 0.15) is 0 Å². The topological polar surface area (TPSA) is 73.8 Å². The summed E-state index contributed by atoms with van der Waals surface area (Å²) in [5.41, 5.74) is 4.47. The van der Waals surface area contributed by atoms with Gasteiger partial charge in [0.05, 0.1) is 6.21 Å². The molecular weight excluding hydrogens is 316 g/mol. The molecule has 2 rings (SSSR count). The van der Waals surface area contributed by atoms with Crippen LogP contribution in [0.3, 0.4) is 0 Å². The van der Waals surface area contributed by atoms with Crippen LogP contribution in [0.1, 0.15) is 50.5 Å². The van der Waals surface area contributed by atoms with E-state index in [-0.39, 0.29) is 30.7 Å². The fourth-order valence-corrected chi connectivity index (χ4v) is 2.87. The van der Waals surface area contributed by atoms with Gasteiger partial charge in [-0.25, -0.2) is 5.43 Å². The normalized spacial score (nSPS) is 15.1. The van der Waals surface area contributed by atoms with E-state index in [1.165, 1.54) is 19.3 Å². The summed E-state index contributed by atoms with van der Waals surface area (Å²) in [5.74, 6) is -0.301. The first-order valence-corrected chi connectivity index (χ1v) is 8.93. The molecule has 6 nitrogen and oxygen atoms in total. The third kappa shape index (κ3) is 6.95. The van der Waals surface area contributed by atoms with Crippen molar-refractivity contribution in [2.24, 2.45) is 5.10 Å². The van der Waals surface area contributed by atoms with Gasteiger partial charge in [-0.15, -0.1) is 0 Å². The van der Waals surface area contributed by atoms with Gasteiger partial charge in [0.25, 0.3) is 0 Å². The number of amides is 2. The maximum absolute atomic E-state index is 11.9.